The third-order valence-corrected chi connectivity index (χ3v) is 12.6. The number of hydrogen-bond acceptors (Lipinski definition) is 10. The highest BCUT2D eigenvalue weighted by Gasteiger charge is 2.44. The number of hydrogen-bond donors (Lipinski definition) is 7. The average molecular weight is 859 g/mol. The van der Waals surface area contributed by atoms with Crippen LogP contribution >= 0.6 is 0 Å². The largest absolute Gasteiger partial charge is 0.394 e. The topological polar surface area (TPSA) is 172 Å². The van der Waals surface area contributed by atoms with Crippen molar-refractivity contribution >= 4 is 5.91 Å². The number of nitrogens with zero attached hydrogens (tertiary/aromatic N) is 1. The summed E-state index contributed by atoms with van der Waals surface area (Å²) in [5.41, 5.74) is 0. The molecule has 11 nitrogen and oxygen atoms in total. The fraction of sp³-hybridized carbons (Fsp3) is 0.980. The Kier molecular flexibility index (Phi) is 37.8. The van der Waals surface area contributed by atoms with Gasteiger partial charge in [-0.3, -0.25) is 4.79 Å². The molecule has 0 unspecified atom stereocenters. The number of aliphatic hydroxyl groups excluding tert-OH is 6. The van der Waals surface area contributed by atoms with Gasteiger partial charge >= 0.3 is 0 Å². The van der Waals surface area contributed by atoms with Crippen molar-refractivity contribution in [3.05, 3.63) is 0 Å². The Labute approximate surface area is 368 Å². The number of unbranched alkanes of at least 4 members (excludes halogenated alkanes) is 26. The number of carbonyl (C=O) groups excluding carboxylic acids is 1. The van der Waals surface area contributed by atoms with Crippen LogP contribution in [-0.4, -0.2) is 123 Å². The van der Waals surface area contributed by atoms with Crippen molar-refractivity contribution in [1.82, 2.24) is 10.2 Å². The summed E-state index contributed by atoms with van der Waals surface area (Å²) in [6.45, 7) is 9.31. The molecule has 11 heteroatoms. The predicted octanol–water partition coefficient (Wildman–Crippen LogP) is 8.85. The summed E-state index contributed by atoms with van der Waals surface area (Å²) in [6, 6.07) is -0.996. The maximum atomic E-state index is 13.2. The van der Waals surface area contributed by atoms with Crippen LogP contribution in [0.5, 0.6) is 0 Å². The molecule has 0 aromatic heterocycles. The first-order valence-electron chi connectivity index (χ1n) is 25.5. The van der Waals surface area contributed by atoms with E-state index in [9.17, 15) is 35.4 Å². The monoisotopic (exact) mass is 859 g/mol. The Morgan fingerprint density at radius 2 is 0.967 bits per heavy atom. The van der Waals surface area contributed by atoms with Gasteiger partial charge in [0.05, 0.1) is 25.4 Å². The van der Waals surface area contributed by atoms with Gasteiger partial charge in [0.1, 0.15) is 30.5 Å². The summed E-state index contributed by atoms with van der Waals surface area (Å²) in [6.07, 6.45) is 27.5. The van der Waals surface area contributed by atoms with E-state index in [4.69, 9.17) is 9.47 Å². The molecule has 1 fully saturated rings. The van der Waals surface area contributed by atoms with Gasteiger partial charge in [0.25, 0.3) is 0 Å². The van der Waals surface area contributed by atoms with Crippen molar-refractivity contribution in [2.75, 3.05) is 32.8 Å². The molecule has 0 aromatic rings. The van der Waals surface area contributed by atoms with E-state index in [1.54, 1.807) is 0 Å². The molecule has 1 aliphatic heterocycles. The van der Waals surface area contributed by atoms with Crippen LogP contribution in [0.4, 0.5) is 0 Å². The Morgan fingerprint density at radius 1 is 0.567 bits per heavy atom. The molecule has 8 atom stereocenters. The van der Waals surface area contributed by atoms with E-state index < -0.39 is 55.6 Å². The molecular weight excluding hydrogens is 761 g/mol. The van der Waals surface area contributed by atoms with Gasteiger partial charge in [-0.2, -0.15) is 0 Å². The van der Waals surface area contributed by atoms with Crippen LogP contribution in [0, 0.1) is 0 Å². The first-order valence-corrected chi connectivity index (χ1v) is 25.5. The van der Waals surface area contributed by atoms with E-state index in [-0.39, 0.29) is 18.9 Å². The minimum absolute atomic E-state index is 0.256. The smallest absolute Gasteiger partial charge is 0.220 e. The van der Waals surface area contributed by atoms with E-state index in [0.717, 1.165) is 51.5 Å². The normalized spacial score (nSPS) is 21.1. The lowest BCUT2D eigenvalue weighted by atomic mass is 9.98. The number of amides is 1. The first kappa shape index (κ1) is 57.1. The third kappa shape index (κ3) is 28.7. The van der Waals surface area contributed by atoms with Crippen molar-refractivity contribution in [1.29, 1.82) is 0 Å². The van der Waals surface area contributed by atoms with E-state index in [1.165, 1.54) is 154 Å². The first-order chi connectivity index (χ1) is 29.2. The van der Waals surface area contributed by atoms with Crippen molar-refractivity contribution in [3.63, 3.8) is 0 Å². The molecule has 0 aliphatic carbocycles. The summed E-state index contributed by atoms with van der Waals surface area (Å²) in [4.78, 5) is 15.9. The average Bonchev–Trinajstić information content (AvgIpc) is 3.25. The van der Waals surface area contributed by atoms with E-state index in [0.29, 0.717) is 12.8 Å². The SMILES string of the molecule is CCCCCCCCCCCCCC[C@@H](O)[C@@H](O)[C@H](CO[C@H]1O[C@H](CO)[C@H](O)[C@H](O)[C@H]1O)NC(=O)CCCCCCN(CCCCCCCCC)CCCCCCCCC. The summed E-state index contributed by atoms with van der Waals surface area (Å²) < 4.78 is 11.2. The molecule has 1 heterocycles. The standard InChI is InChI=1S/C49H98N2O9/c1-4-7-10-13-16-17-18-19-20-21-24-29-34-42(53)45(55)41(40-59-49-48(58)47(57)46(56)43(39-52)60-49)50-44(54)35-30-25-28-33-38-51(36-31-26-22-14-11-8-5-2)37-32-27-23-15-12-9-6-3/h41-43,45-49,52-53,55-58H,4-40H2,1-3H3,(H,50,54)/t41-,42+,43+,45-,46-,47-,48+,49-/m0/s1. The molecule has 0 aromatic carbocycles. The van der Waals surface area contributed by atoms with E-state index in [2.05, 4.69) is 31.0 Å². The highest BCUT2D eigenvalue weighted by Crippen LogP contribution is 2.23. The molecule has 1 rings (SSSR count). The van der Waals surface area contributed by atoms with Gasteiger partial charge in [-0.05, 0) is 51.7 Å². The fourth-order valence-corrected chi connectivity index (χ4v) is 8.44. The number of nitrogens with one attached hydrogen (secondary N) is 1. The van der Waals surface area contributed by atoms with Crippen LogP contribution in [0.1, 0.15) is 226 Å². The molecule has 1 saturated heterocycles. The summed E-state index contributed by atoms with van der Waals surface area (Å²) in [7, 11) is 0. The predicted molar refractivity (Wildman–Crippen MR) is 245 cm³/mol. The number of rotatable bonds is 43. The zero-order valence-corrected chi connectivity index (χ0v) is 39.1. The van der Waals surface area contributed by atoms with Crippen molar-refractivity contribution < 1.29 is 44.9 Å². The molecule has 0 spiro atoms. The van der Waals surface area contributed by atoms with Crippen LogP contribution in [0.3, 0.4) is 0 Å². The maximum absolute atomic E-state index is 13.2. The van der Waals surface area contributed by atoms with Gasteiger partial charge in [-0.15, -0.1) is 0 Å². The Balaban J connectivity index is 2.59. The number of ether oxygens (including phenoxy) is 2. The molecule has 0 saturated carbocycles. The lowest BCUT2D eigenvalue weighted by Gasteiger charge is -2.40. The van der Waals surface area contributed by atoms with Crippen molar-refractivity contribution in [2.45, 2.75) is 275 Å². The minimum atomic E-state index is -1.61. The molecular formula is C49H98N2O9. The Bertz CT molecular complexity index is 928. The summed E-state index contributed by atoms with van der Waals surface area (Å²) in [5.74, 6) is -0.256. The molecule has 1 aliphatic rings. The summed E-state index contributed by atoms with van der Waals surface area (Å²) >= 11 is 0. The molecule has 0 bridgehead atoms. The second-order valence-electron chi connectivity index (χ2n) is 18.2. The van der Waals surface area contributed by atoms with E-state index in [1.807, 2.05) is 0 Å². The van der Waals surface area contributed by atoms with Crippen LogP contribution < -0.4 is 5.32 Å². The number of carbonyl (C=O) groups is 1. The summed E-state index contributed by atoms with van der Waals surface area (Å²) in [5, 5.41) is 65.6. The zero-order chi connectivity index (χ0) is 44.1. The van der Waals surface area contributed by atoms with Gasteiger partial charge in [-0.1, -0.05) is 188 Å². The van der Waals surface area contributed by atoms with Gasteiger partial charge in [-0.25, -0.2) is 0 Å². The second-order valence-corrected chi connectivity index (χ2v) is 18.2. The lowest BCUT2D eigenvalue weighted by molar-refractivity contribution is -0.303. The Hall–Kier alpha value is -0.890. The molecule has 0 radical (unpaired) electrons. The van der Waals surface area contributed by atoms with Crippen molar-refractivity contribution in [2.24, 2.45) is 0 Å². The van der Waals surface area contributed by atoms with Gasteiger partial charge in [0, 0.05) is 6.42 Å². The molecule has 7 N–H and O–H groups in total. The van der Waals surface area contributed by atoms with Crippen LogP contribution in [-0.2, 0) is 14.3 Å². The second kappa shape index (κ2) is 39.7. The maximum Gasteiger partial charge on any atom is 0.220 e. The highest BCUT2D eigenvalue weighted by molar-refractivity contribution is 5.76. The highest BCUT2D eigenvalue weighted by atomic mass is 16.7. The Morgan fingerprint density at radius 3 is 1.40 bits per heavy atom. The van der Waals surface area contributed by atoms with Crippen LogP contribution in [0.2, 0.25) is 0 Å². The third-order valence-electron chi connectivity index (χ3n) is 12.6. The molecule has 60 heavy (non-hydrogen) atoms. The van der Waals surface area contributed by atoms with Crippen LogP contribution in [0.15, 0.2) is 0 Å². The van der Waals surface area contributed by atoms with Crippen molar-refractivity contribution in [3.8, 4) is 0 Å². The molecule has 358 valence electrons. The van der Waals surface area contributed by atoms with E-state index >= 15 is 0 Å². The fourth-order valence-electron chi connectivity index (χ4n) is 8.44. The lowest BCUT2D eigenvalue weighted by Crippen LogP contribution is -2.60. The minimum Gasteiger partial charge on any atom is -0.394 e. The van der Waals surface area contributed by atoms with Gasteiger partial charge < -0.3 is 50.3 Å². The molecule has 1 amide bonds. The van der Waals surface area contributed by atoms with Gasteiger partial charge in [0.15, 0.2) is 6.29 Å². The van der Waals surface area contributed by atoms with Crippen LogP contribution in [0.25, 0.3) is 0 Å². The quantitative estimate of drug-likeness (QED) is 0.0294. The number of aliphatic hydroxyl groups is 6. The van der Waals surface area contributed by atoms with Gasteiger partial charge in [0.2, 0.25) is 5.91 Å². The zero-order valence-electron chi connectivity index (χ0n) is 39.1.